The molecule has 0 aliphatic heterocycles. The van der Waals surface area contributed by atoms with Crippen LogP contribution in [0.15, 0.2) is 28.7 Å². The smallest absolute Gasteiger partial charge is 0.127 e. The third-order valence-electron chi connectivity index (χ3n) is 1.91. The van der Waals surface area contributed by atoms with Crippen LogP contribution in [0.1, 0.15) is 24.8 Å². The highest BCUT2D eigenvalue weighted by Crippen LogP contribution is 2.25. The fraction of sp³-hybridized carbons (Fsp3) is 0.300. The Labute approximate surface area is 80.9 Å². The first-order valence-corrected chi connectivity index (χ1v) is 4.78. The summed E-state index contributed by atoms with van der Waals surface area (Å²) in [4.78, 5) is 10.7. The van der Waals surface area contributed by atoms with Gasteiger partial charge in [0.15, 0.2) is 0 Å². The van der Waals surface area contributed by atoms with Crippen LogP contribution >= 0.6 is 15.9 Å². The molecule has 0 amide bonds. The number of rotatable bonds is 3. The lowest BCUT2D eigenvalue weighted by atomic mass is 9.98. The SMILES string of the molecule is CCC(C=O)c1ccccc1Br. The summed E-state index contributed by atoms with van der Waals surface area (Å²) >= 11 is 3.42. The van der Waals surface area contributed by atoms with E-state index in [9.17, 15) is 4.79 Å². The van der Waals surface area contributed by atoms with Crippen LogP contribution < -0.4 is 0 Å². The second-order valence-electron chi connectivity index (χ2n) is 2.67. The van der Waals surface area contributed by atoms with Crippen LogP contribution in [-0.4, -0.2) is 6.29 Å². The number of carbonyl (C=O) groups is 1. The first-order valence-electron chi connectivity index (χ1n) is 3.99. The van der Waals surface area contributed by atoms with Crippen molar-refractivity contribution in [1.82, 2.24) is 0 Å². The summed E-state index contributed by atoms with van der Waals surface area (Å²) in [6.45, 7) is 2.01. The minimum absolute atomic E-state index is 0.0283. The van der Waals surface area contributed by atoms with Gasteiger partial charge in [-0.05, 0) is 18.1 Å². The molecule has 64 valence electrons. The summed E-state index contributed by atoms with van der Waals surface area (Å²) in [6.07, 6.45) is 1.85. The third-order valence-corrected chi connectivity index (χ3v) is 2.63. The average molecular weight is 227 g/mol. The van der Waals surface area contributed by atoms with Gasteiger partial charge < -0.3 is 4.79 Å². The van der Waals surface area contributed by atoms with Gasteiger partial charge in [0.2, 0.25) is 0 Å². The van der Waals surface area contributed by atoms with Crippen LogP contribution in [0.3, 0.4) is 0 Å². The van der Waals surface area contributed by atoms with Crippen LogP contribution in [0, 0.1) is 0 Å². The van der Waals surface area contributed by atoms with E-state index in [1.165, 1.54) is 0 Å². The highest BCUT2D eigenvalue weighted by Gasteiger charge is 2.09. The van der Waals surface area contributed by atoms with Crippen molar-refractivity contribution in [3.05, 3.63) is 34.3 Å². The fourth-order valence-corrected chi connectivity index (χ4v) is 1.74. The van der Waals surface area contributed by atoms with Crippen LogP contribution in [0.5, 0.6) is 0 Å². The molecule has 0 saturated heterocycles. The van der Waals surface area contributed by atoms with Crippen LogP contribution in [0.4, 0.5) is 0 Å². The summed E-state index contributed by atoms with van der Waals surface area (Å²) in [6, 6.07) is 7.84. The summed E-state index contributed by atoms with van der Waals surface area (Å²) in [7, 11) is 0. The summed E-state index contributed by atoms with van der Waals surface area (Å²) < 4.78 is 1.02. The van der Waals surface area contributed by atoms with Crippen molar-refractivity contribution in [3.8, 4) is 0 Å². The highest BCUT2D eigenvalue weighted by molar-refractivity contribution is 9.10. The van der Waals surface area contributed by atoms with E-state index in [-0.39, 0.29) is 5.92 Å². The molecular weight excluding hydrogens is 216 g/mol. The van der Waals surface area contributed by atoms with Gasteiger partial charge in [-0.2, -0.15) is 0 Å². The standard InChI is InChI=1S/C10H11BrO/c1-2-8(7-12)9-5-3-4-6-10(9)11/h3-8H,2H2,1H3. The van der Waals surface area contributed by atoms with Gasteiger partial charge in [0, 0.05) is 10.4 Å². The van der Waals surface area contributed by atoms with Crippen LogP contribution in [0.2, 0.25) is 0 Å². The number of benzene rings is 1. The Morgan fingerprint density at radius 2 is 2.17 bits per heavy atom. The topological polar surface area (TPSA) is 17.1 Å². The Morgan fingerprint density at radius 3 is 2.67 bits per heavy atom. The van der Waals surface area contributed by atoms with Gasteiger partial charge in [-0.15, -0.1) is 0 Å². The maximum absolute atomic E-state index is 10.7. The van der Waals surface area contributed by atoms with Crippen molar-refractivity contribution >= 4 is 22.2 Å². The molecule has 0 bridgehead atoms. The lowest BCUT2D eigenvalue weighted by molar-refractivity contribution is -0.109. The third kappa shape index (κ3) is 1.95. The normalized spacial score (nSPS) is 12.5. The maximum Gasteiger partial charge on any atom is 0.127 e. The zero-order valence-corrected chi connectivity index (χ0v) is 8.54. The first-order chi connectivity index (χ1) is 5.79. The van der Waals surface area contributed by atoms with E-state index < -0.39 is 0 Å². The molecule has 1 nitrogen and oxygen atoms in total. The second-order valence-corrected chi connectivity index (χ2v) is 3.53. The predicted molar refractivity (Wildman–Crippen MR) is 53.2 cm³/mol. The van der Waals surface area contributed by atoms with E-state index >= 15 is 0 Å². The minimum Gasteiger partial charge on any atom is -0.303 e. The van der Waals surface area contributed by atoms with Gasteiger partial charge in [0.25, 0.3) is 0 Å². The van der Waals surface area contributed by atoms with Gasteiger partial charge >= 0.3 is 0 Å². The van der Waals surface area contributed by atoms with E-state index in [2.05, 4.69) is 15.9 Å². The van der Waals surface area contributed by atoms with Crippen molar-refractivity contribution in [1.29, 1.82) is 0 Å². The molecule has 12 heavy (non-hydrogen) atoms. The van der Waals surface area contributed by atoms with Crippen molar-refractivity contribution in [3.63, 3.8) is 0 Å². The van der Waals surface area contributed by atoms with E-state index in [1.807, 2.05) is 31.2 Å². The summed E-state index contributed by atoms with van der Waals surface area (Å²) in [5.41, 5.74) is 1.08. The van der Waals surface area contributed by atoms with Gasteiger partial charge in [0.1, 0.15) is 6.29 Å². The Balaban J connectivity index is 3.00. The lowest BCUT2D eigenvalue weighted by Crippen LogP contribution is -1.98. The molecule has 0 heterocycles. The van der Waals surface area contributed by atoms with Crippen molar-refractivity contribution in [2.45, 2.75) is 19.3 Å². The average Bonchev–Trinajstić information content (AvgIpc) is 2.10. The molecule has 0 aliphatic rings. The molecule has 0 radical (unpaired) electrons. The van der Waals surface area contributed by atoms with Crippen LogP contribution in [-0.2, 0) is 4.79 Å². The molecule has 1 aromatic carbocycles. The molecule has 1 unspecified atom stereocenters. The zero-order valence-electron chi connectivity index (χ0n) is 6.96. The Kier molecular flexibility index (Phi) is 3.48. The fourth-order valence-electron chi connectivity index (χ4n) is 1.17. The number of hydrogen-bond donors (Lipinski definition) is 0. The molecular formula is C10H11BrO. The van der Waals surface area contributed by atoms with Crippen molar-refractivity contribution < 1.29 is 4.79 Å². The Hall–Kier alpha value is -0.630. The quantitative estimate of drug-likeness (QED) is 0.725. The summed E-state index contributed by atoms with van der Waals surface area (Å²) in [5.74, 6) is 0.0283. The van der Waals surface area contributed by atoms with E-state index in [1.54, 1.807) is 0 Å². The highest BCUT2D eigenvalue weighted by atomic mass is 79.9. The van der Waals surface area contributed by atoms with Gasteiger partial charge in [-0.25, -0.2) is 0 Å². The van der Waals surface area contributed by atoms with Crippen molar-refractivity contribution in [2.24, 2.45) is 0 Å². The number of carbonyl (C=O) groups excluding carboxylic acids is 1. The second kappa shape index (κ2) is 4.41. The number of halogens is 1. The molecule has 0 aromatic heterocycles. The molecule has 1 rings (SSSR count). The monoisotopic (exact) mass is 226 g/mol. The van der Waals surface area contributed by atoms with Crippen molar-refractivity contribution in [2.75, 3.05) is 0 Å². The zero-order chi connectivity index (χ0) is 8.97. The lowest BCUT2D eigenvalue weighted by Gasteiger charge is -2.08. The van der Waals surface area contributed by atoms with Gasteiger partial charge in [-0.3, -0.25) is 0 Å². The first kappa shape index (κ1) is 9.46. The predicted octanol–water partition coefficient (Wildman–Crippen LogP) is 3.14. The number of aldehydes is 1. The Bertz CT molecular complexity index is 270. The molecule has 0 spiro atoms. The van der Waals surface area contributed by atoms with Gasteiger partial charge in [-0.1, -0.05) is 41.1 Å². The molecule has 2 heteroatoms. The molecule has 0 aliphatic carbocycles. The molecule has 0 N–H and O–H groups in total. The van der Waals surface area contributed by atoms with Gasteiger partial charge in [0.05, 0.1) is 0 Å². The van der Waals surface area contributed by atoms with E-state index in [0.29, 0.717) is 0 Å². The molecule has 0 saturated carbocycles. The molecule has 1 atom stereocenters. The molecule has 0 fully saturated rings. The minimum atomic E-state index is 0.0283. The number of hydrogen-bond acceptors (Lipinski definition) is 1. The van der Waals surface area contributed by atoms with Crippen LogP contribution in [0.25, 0.3) is 0 Å². The Morgan fingerprint density at radius 1 is 1.50 bits per heavy atom. The summed E-state index contributed by atoms with van der Waals surface area (Å²) in [5, 5.41) is 0. The largest absolute Gasteiger partial charge is 0.303 e. The van der Waals surface area contributed by atoms with E-state index in [0.717, 1.165) is 22.7 Å². The maximum atomic E-state index is 10.7. The molecule has 1 aromatic rings. The van der Waals surface area contributed by atoms with E-state index in [4.69, 9.17) is 0 Å².